The number of para-hydroxylation sites is 1. The summed E-state index contributed by atoms with van der Waals surface area (Å²) in [7, 11) is 0. The molecule has 0 fully saturated rings. The molecule has 1 heterocycles. The maximum Gasteiger partial charge on any atom is 0.0465 e. The van der Waals surface area contributed by atoms with E-state index in [0.717, 1.165) is 5.75 Å². The zero-order chi connectivity index (χ0) is 9.10. The first kappa shape index (κ1) is 8.97. The lowest BCUT2D eigenvalue weighted by atomic mass is 10.2. The van der Waals surface area contributed by atoms with Crippen molar-refractivity contribution >= 4 is 34.3 Å². The second kappa shape index (κ2) is 4.07. The van der Waals surface area contributed by atoms with Crippen LogP contribution in [0.25, 0.3) is 10.9 Å². The van der Waals surface area contributed by atoms with E-state index < -0.39 is 0 Å². The number of thioether (sulfide) groups is 1. The third-order valence-electron chi connectivity index (χ3n) is 1.89. The molecule has 1 aromatic carbocycles. The van der Waals surface area contributed by atoms with E-state index in [1.807, 2.05) is 12.3 Å². The van der Waals surface area contributed by atoms with Gasteiger partial charge in [-0.2, -0.15) is 0 Å². The molecule has 0 atom stereocenters. The number of aromatic nitrogens is 1. The number of rotatable bonds is 3. The minimum absolute atomic E-state index is 0.699. The van der Waals surface area contributed by atoms with Crippen LogP contribution in [0.1, 0.15) is 0 Å². The van der Waals surface area contributed by atoms with Gasteiger partial charge >= 0.3 is 0 Å². The Balaban J connectivity index is 2.35. The summed E-state index contributed by atoms with van der Waals surface area (Å²) < 4.78 is 0. The van der Waals surface area contributed by atoms with Crippen molar-refractivity contribution in [1.29, 1.82) is 0 Å². The Hall–Kier alpha value is -0.600. The van der Waals surface area contributed by atoms with Crippen molar-refractivity contribution in [3.05, 3.63) is 30.5 Å². The summed E-state index contributed by atoms with van der Waals surface area (Å²) in [6.07, 6.45) is 2.04. The van der Waals surface area contributed by atoms with Crippen LogP contribution in [0.4, 0.5) is 0 Å². The van der Waals surface area contributed by atoms with E-state index in [1.165, 1.54) is 15.8 Å². The minimum Gasteiger partial charge on any atom is -0.360 e. The average molecular weight is 212 g/mol. The van der Waals surface area contributed by atoms with Gasteiger partial charge in [0, 0.05) is 33.6 Å². The van der Waals surface area contributed by atoms with Crippen LogP contribution in [0.15, 0.2) is 35.4 Å². The van der Waals surface area contributed by atoms with E-state index in [1.54, 1.807) is 11.8 Å². The highest BCUT2D eigenvalue weighted by molar-refractivity contribution is 7.99. The molecule has 1 N–H and O–H groups in total. The number of H-pyrrole nitrogens is 1. The van der Waals surface area contributed by atoms with E-state index >= 15 is 0 Å². The molecular weight excluding hydrogens is 202 g/mol. The number of halogens is 1. The molecule has 13 heavy (non-hydrogen) atoms. The smallest absolute Gasteiger partial charge is 0.0465 e. The van der Waals surface area contributed by atoms with Crippen molar-refractivity contribution in [2.75, 3.05) is 11.6 Å². The number of alkyl halides is 1. The third kappa shape index (κ3) is 1.84. The monoisotopic (exact) mass is 211 g/mol. The van der Waals surface area contributed by atoms with Crippen LogP contribution >= 0.6 is 23.4 Å². The Morgan fingerprint density at radius 2 is 2.15 bits per heavy atom. The summed E-state index contributed by atoms with van der Waals surface area (Å²) in [5.74, 6) is 1.66. The van der Waals surface area contributed by atoms with E-state index in [2.05, 4.69) is 23.2 Å². The van der Waals surface area contributed by atoms with Gasteiger partial charge in [0.05, 0.1) is 0 Å². The van der Waals surface area contributed by atoms with Crippen molar-refractivity contribution < 1.29 is 0 Å². The van der Waals surface area contributed by atoms with Gasteiger partial charge in [-0.25, -0.2) is 0 Å². The average Bonchev–Trinajstić information content (AvgIpc) is 2.58. The van der Waals surface area contributed by atoms with Gasteiger partial charge in [-0.1, -0.05) is 18.2 Å². The number of fused-ring (bicyclic) bond motifs is 1. The predicted molar refractivity (Wildman–Crippen MR) is 59.7 cm³/mol. The van der Waals surface area contributed by atoms with E-state index in [0.29, 0.717) is 5.88 Å². The van der Waals surface area contributed by atoms with Gasteiger partial charge in [-0.3, -0.25) is 0 Å². The summed E-state index contributed by atoms with van der Waals surface area (Å²) in [5, 5.41) is 1.29. The Bertz CT molecular complexity index is 396. The standard InChI is InChI=1S/C10H10ClNS/c11-5-6-13-10-7-12-9-4-2-1-3-8(9)10/h1-4,7,12H,5-6H2. The Morgan fingerprint density at radius 1 is 1.31 bits per heavy atom. The number of hydrogen-bond acceptors (Lipinski definition) is 1. The maximum absolute atomic E-state index is 5.64. The van der Waals surface area contributed by atoms with Crippen molar-refractivity contribution in [2.24, 2.45) is 0 Å². The molecule has 1 aromatic heterocycles. The molecular formula is C10H10ClNS. The molecule has 0 unspecified atom stereocenters. The lowest BCUT2D eigenvalue weighted by Crippen LogP contribution is -1.76. The molecule has 0 amide bonds. The Kier molecular flexibility index (Phi) is 2.81. The summed E-state index contributed by atoms with van der Waals surface area (Å²) in [4.78, 5) is 4.52. The molecule has 0 saturated heterocycles. The van der Waals surface area contributed by atoms with Gasteiger partial charge in [0.25, 0.3) is 0 Å². The lowest BCUT2D eigenvalue weighted by Gasteiger charge is -1.95. The second-order valence-electron chi connectivity index (χ2n) is 2.74. The molecule has 0 aliphatic heterocycles. The van der Waals surface area contributed by atoms with Crippen molar-refractivity contribution in [1.82, 2.24) is 4.98 Å². The molecule has 0 bridgehead atoms. The molecule has 0 spiro atoms. The first-order valence-electron chi connectivity index (χ1n) is 4.16. The largest absolute Gasteiger partial charge is 0.360 e. The van der Waals surface area contributed by atoms with Crippen LogP contribution in [0.2, 0.25) is 0 Å². The Morgan fingerprint density at radius 3 is 3.00 bits per heavy atom. The van der Waals surface area contributed by atoms with Gasteiger partial charge in [-0.05, 0) is 6.07 Å². The summed E-state index contributed by atoms with van der Waals surface area (Å²) in [6, 6.07) is 8.30. The second-order valence-corrected chi connectivity index (χ2v) is 4.25. The van der Waals surface area contributed by atoms with E-state index in [-0.39, 0.29) is 0 Å². The molecule has 68 valence electrons. The van der Waals surface area contributed by atoms with Crippen molar-refractivity contribution in [3.8, 4) is 0 Å². The predicted octanol–water partition coefficient (Wildman–Crippen LogP) is 3.50. The highest BCUT2D eigenvalue weighted by atomic mass is 35.5. The molecule has 3 heteroatoms. The van der Waals surface area contributed by atoms with Gasteiger partial charge < -0.3 is 4.98 Å². The summed E-state index contributed by atoms with van der Waals surface area (Å²) in [6.45, 7) is 0. The zero-order valence-electron chi connectivity index (χ0n) is 7.09. The molecule has 2 rings (SSSR count). The fourth-order valence-corrected chi connectivity index (χ4v) is 2.32. The first-order valence-corrected chi connectivity index (χ1v) is 5.68. The van der Waals surface area contributed by atoms with Gasteiger partial charge in [0.1, 0.15) is 0 Å². The van der Waals surface area contributed by atoms with Crippen LogP contribution in [0, 0.1) is 0 Å². The SMILES string of the molecule is ClCCSc1c[nH]c2ccccc12. The number of aromatic amines is 1. The minimum atomic E-state index is 0.699. The molecule has 0 saturated carbocycles. The molecule has 1 nitrogen and oxygen atoms in total. The van der Waals surface area contributed by atoms with Crippen LogP contribution < -0.4 is 0 Å². The van der Waals surface area contributed by atoms with Crippen LogP contribution in [-0.4, -0.2) is 16.6 Å². The quantitative estimate of drug-likeness (QED) is 0.607. The normalized spacial score (nSPS) is 10.8. The van der Waals surface area contributed by atoms with Crippen LogP contribution in [-0.2, 0) is 0 Å². The summed E-state index contributed by atoms with van der Waals surface area (Å²) in [5.41, 5.74) is 1.19. The van der Waals surface area contributed by atoms with Crippen molar-refractivity contribution in [2.45, 2.75) is 4.90 Å². The van der Waals surface area contributed by atoms with Crippen LogP contribution in [0.3, 0.4) is 0 Å². The van der Waals surface area contributed by atoms with Crippen molar-refractivity contribution in [3.63, 3.8) is 0 Å². The third-order valence-corrected chi connectivity index (χ3v) is 3.36. The lowest BCUT2D eigenvalue weighted by molar-refractivity contribution is 1.41. The van der Waals surface area contributed by atoms with Crippen LogP contribution in [0.5, 0.6) is 0 Å². The number of nitrogens with one attached hydrogen (secondary N) is 1. The first-order chi connectivity index (χ1) is 6.42. The van der Waals surface area contributed by atoms with Gasteiger partial charge in [0.2, 0.25) is 0 Å². The Labute approximate surface area is 86.5 Å². The van der Waals surface area contributed by atoms with E-state index in [4.69, 9.17) is 11.6 Å². The molecule has 0 radical (unpaired) electrons. The highest BCUT2D eigenvalue weighted by Crippen LogP contribution is 2.27. The molecule has 2 aromatic rings. The number of hydrogen-bond donors (Lipinski definition) is 1. The topological polar surface area (TPSA) is 15.8 Å². The highest BCUT2D eigenvalue weighted by Gasteiger charge is 2.01. The fraction of sp³-hybridized carbons (Fsp3) is 0.200. The molecule has 0 aliphatic carbocycles. The molecule has 0 aliphatic rings. The fourth-order valence-electron chi connectivity index (χ4n) is 1.31. The number of benzene rings is 1. The zero-order valence-corrected chi connectivity index (χ0v) is 8.66. The summed E-state index contributed by atoms with van der Waals surface area (Å²) >= 11 is 7.43. The van der Waals surface area contributed by atoms with Gasteiger partial charge in [-0.15, -0.1) is 23.4 Å². The maximum atomic E-state index is 5.64. The van der Waals surface area contributed by atoms with Gasteiger partial charge in [0.15, 0.2) is 0 Å². The van der Waals surface area contributed by atoms with E-state index in [9.17, 15) is 0 Å².